The minimum atomic E-state index is -0.562. The molecule has 0 saturated carbocycles. The average molecular weight is 375 g/mol. The van der Waals surface area contributed by atoms with Gasteiger partial charge in [0.05, 0.1) is 6.04 Å². The zero-order valence-electron chi connectivity index (χ0n) is 11.7. The summed E-state index contributed by atoms with van der Waals surface area (Å²) in [6.45, 7) is 1.89. The normalized spacial score (nSPS) is 12.3. The third kappa shape index (κ3) is 3.55. The van der Waals surface area contributed by atoms with Gasteiger partial charge < -0.3 is 4.90 Å². The summed E-state index contributed by atoms with van der Waals surface area (Å²) in [6.07, 6.45) is 0. The maximum atomic E-state index is 14.2. The fraction of sp³-hybridized carbons (Fsp3) is 0.250. The van der Waals surface area contributed by atoms with E-state index in [1.54, 1.807) is 24.1 Å². The Bertz CT molecular complexity index is 608. The van der Waals surface area contributed by atoms with Gasteiger partial charge in [0.15, 0.2) is 0 Å². The molecule has 21 heavy (non-hydrogen) atoms. The monoisotopic (exact) mass is 373 g/mol. The van der Waals surface area contributed by atoms with E-state index in [0.29, 0.717) is 15.9 Å². The molecule has 112 valence electrons. The molecule has 1 unspecified atom stereocenters. The average Bonchev–Trinajstić information content (AvgIpc) is 2.46. The molecule has 2 aromatic rings. The molecule has 0 heterocycles. The maximum absolute atomic E-state index is 14.2. The summed E-state index contributed by atoms with van der Waals surface area (Å²) >= 11 is 9.06. The molecule has 0 radical (unpaired) electrons. The minimum absolute atomic E-state index is 0.0258. The van der Waals surface area contributed by atoms with Crippen molar-refractivity contribution in [2.75, 3.05) is 11.9 Å². The van der Waals surface area contributed by atoms with Gasteiger partial charge in [-0.15, -0.1) is 0 Å². The maximum Gasteiger partial charge on any atom is 0.149 e. The van der Waals surface area contributed by atoms with E-state index in [9.17, 15) is 8.78 Å². The summed E-state index contributed by atoms with van der Waals surface area (Å²) < 4.78 is 28.3. The Morgan fingerprint density at radius 2 is 1.67 bits per heavy atom. The molecule has 0 aliphatic carbocycles. The Morgan fingerprint density at radius 1 is 1.14 bits per heavy atom. The van der Waals surface area contributed by atoms with Crippen molar-refractivity contribution in [3.63, 3.8) is 0 Å². The standard InChI is InChI=1S/C16H15BrClF2N/c1-10(12-3-5-13(18)6-4-12)21(2)16-14(19)7-11(9-17)8-15(16)20/h3-8,10H,9H2,1-2H3. The predicted molar refractivity (Wildman–Crippen MR) is 87.3 cm³/mol. The molecule has 0 aliphatic heterocycles. The lowest BCUT2D eigenvalue weighted by Gasteiger charge is -2.28. The third-order valence-electron chi connectivity index (χ3n) is 3.52. The molecule has 1 nitrogen and oxygen atoms in total. The van der Waals surface area contributed by atoms with Crippen LogP contribution in [0.3, 0.4) is 0 Å². The Morgan fingerprint density at radius 3 is 2.14 bits per heavy atom. The first-order valence-electron chi connectivity index (χ1n) is 6.46. The van der Waals surface area contributed by atoms with Crippen LogP contribution in [0.1, 0.15) is 24.1 Å². The van der Waals surface area contributed by atoms with Crippen molar-refractivity contribution in [1.82, 2.24) is 0 Å². The molecular weight excluding hydrogens is 360 g/mol. The molecule has 1 atom stereocenters. The van der Waals surface area contributed by atoms with E-state index in [4.69, 9.17) is 11.6 Å². The van der Waals surface area contributed by atoms with Gasteiger partial charge in [0.25, 0.3) is 0 Å². The molecule has 0 amide bonds. The number of hydrogen-bond donors (Lipinski definition) is 0. The van der Waals surface area contributed by atoms with Crippen molar-refractivity contribution in [3.05, 3.63) is 64.2 Å². The van der Waals surface area contributed by atoms with Gasteiger partial charge in [-0.25, -0.2) is 8.78 Å². The molecule has 0 aromatic heterocycles. The van der Waals surface area contributed by atoms with Crippen LogP contribution in [0.25, 0.3) is 0 Å². The van der Waals surface area contributed by atoms with Crippen LogP contribution >= 0.6 is 27.5 Å². The Kier molecular flexibility index (Phi) is 5.22. The Hall–Kier alpha value is -1.13. The van der Waals surface area contributed by atoms with Crippen molar-refractivity contribution in [2.45, 2.75) is 18.3 Å². The number of alkyl halides is 1. The fourth-order valence-electron chi connectivity index (χ4n) is 2.19. The number of halogens is 4. The van der Waals surface area contributed by atoms with Gasteiger partial charge in [-0.05, 0) is 42.3 Å². The zero-order chi connectivity index (χ0) is 15.6. The summed E-state index contributed by atoms with van der Waals surface area (Å²) in [5.41, 5.74) is 1.48. The lowest BCUT2D eigenvalue weighted by molar-refractivity contribution is 0.564. The Balaban J connectivity index is 2.35. The van der Waals surface area contributed by atoms with Crippen LogP contribution < -0.4 is 4.90 Å². The Labute approximate surface area is 136 Å². The number of anilines is 1. The van der Waals surface area contributed by atoms with Crippen molar-refractivity contribution >= 4 is 33.2 Å². The van der Waals surface area contributed by atoms with Crippen LogP contribution in [-0.4, -0.2) is 7.05 Å². The number of nitrogens with zero attached hydrogens (tertiary/aromatic N) is 1. The van der Waals surface area contributed by atoms with Crippen LogP contribution in [0.15, 0.2) is 36.4 Å². The van der Waals surface area contributed by atoms with Crippen molar-refractivity contribution in [2.24, 2.45) is 0 Å². The number of benzene rings is 2. The molecule has 5 heteroatoms. The van der Waals surface area contributed by atoms with Gasteiger partial charge in [-0.2, -0.15) is 0 Å². The van der Waals surface area contributed by atoms with Gasteiger partial charge >= 0.3 is 0 Å². The van der Waals surface area contributed by atoms with E-state index in [1.165, 1.54) is 12.1 Å². The summed E-state index contributed by atoms with van der Waals surface area (Å²) in [6, 6.07) is 9.75. The summed E-state index contributed by atoms with van der Waals surface area (Å²) in [5, 5.41) is 1.05. The SMILES string of the molecule is CC(c1ccc(Cl)cc1)N(C)c1c(F)cc(CBr)cc1F. The van der Waals surface area contributed by atoms with E-state index in [-0.39, 0.29) is 11.7 Å². The second-order valence-electron chi connectivity index (χ2n) is 4.88. The van der Waals surface area contributed by atoms with E-state index in [2.05, 4.69) is 15.9 Å². The lowest BCUT2D eigenvalue weighted by Crippen LogP contribution is -2.24. The highest BCUT2D eigenvalue weighted by Crippen LogP contribution is 2.31. The first-order chi connectivity index (χ1) is 9.93. The highest BCUT2D eigenvalue weighted by atomic mass is 79.9. The van der Waals surface area contributed by atoms with Crippen molar-refractivity contribution in [3.8, 4) is 0 Å². The van der Waals surface area contributed by atoms with Crippen LogP contribution in [0.2, 0.25) is 5.02 Å². The van der Waals surface area contributed by atoms with Gasteiger partial charge in [0.2, 0.25) is 0 Å². The second-order valence-corrected chi connectivity index (χ2v) is 5.88. The van der Waals surface area contributed by atoms with Gasteiger partial charge in [-0.1, -0.05) is 39.7 Å². The largest absolute Gasteiger partial charge is 0.363 e. The molecule has 0 spiro atoms. The highest BCUT2D eigenvalue weighted by molar-refractivity contribution is 9.08. The highest BCUT2D eigenvalue weighted by Gasteiger charge is 2.20. The van der Waals surface area contributed by atoms with E-state index < -0.39 is 11.6 Å². The molecule has 0 N–H and O–H groups in total. The molecule has 0 fully saturated rings. The van der Waals surface area contributed by atoms with Crippen LogP contribution in [0.5, 0.6) is 0 Å². The van der Waals surface area contributed by atoms with Crippen LogP contribution in [0.4, 0.5) is 14.5 Å². The topological polar surface area (TPSA) is 3.24 Å². The molecule has 2 rings (SSSR count). The molecular formula is C16H15BrClF2N. The minimum Gasteiger partial charge on any atom is -0.363 e. The summed E-state index contributed by atoms with van der Waals surface area (Å²) in [4.78, 5) is 1.59. The summed E-state index contributed by atoms with van der Waals surface area (Å²) in [5.74, 6) is -1.12. The smallest absolute Gasteiger partial charge is 0.149 e. The van der Waals surface area contributed by atoms with Gasteiger partial charge in [0, 0.05) is 17.4 Å². The third-order valence-corrected chi connectivity index (χ3v) is 4.42. The first kappa shape index (κ1) is 16.2. The van der Waals surface area contributed by atoms with E-state index >= 15 is 0 Å². The van der Waals surface area contributed by atoms with Crippen LogP contribution in [-0.2, 0) is 5.33 Å². The van der Waals surface area contributed by atoms with Crippen LogP contribution in [0, 0.1) is 11.6 Å². The molecule has 0 saturated heterocycles. The quantitative estimate of drug-likeness (QED) is 0.620. The fourth-order valence-corrected chi connectivity index (χ4v) is 2.64. The second kappa shape index (κ2) is 6.75. The lowest BCUT2D eigenvalue weighted by atomic mass is 10.1. The van der Waals surface area contributed by atoms with Gasteiger partial charge in [0.1, 0.15) is 17.3 Å². The van der Waals surface area contributed by atoms with Crippen molar-refractivity contribution in [1.29, 1.82) is 0 Å². The molecule has 2 aromatic carbocycles. The first-order valence-corrected chi connectivity index (χ1v) is 7.96. The number of rotatable bonds is 4. The molecule has 0 aliphatic rings. The van der Waals surface area contributed by atoms with E-state index in [0.717, 1.165) is 5.56 Å². The summed E-state index contributed by atoms with van der Waals surface area (Å²) in [7, 11) is 1.68. The molecule has 0 bridgehead atoms. The van der Waals surface area contributed by atoms with Crippen molar-refractivity contribution < 1.29 is 8.78 Å². The van der Waals surface area contributed by atoms with E-state index in [1.807, 2.05) is 19.1 Å². The number of hydrogen-bond acceptors (Lipinski definition) is 1. The zero-order valence-corrected chi connectivity index (χ0v) is 14.0. The van der Waals surface area contributed by atoms with Gasteiger partial charge in [-0.3, -0.25) is 0 Å². The predicted octanol–water partition coefficient (Wildman–Crippen LogP) is 5.71.